The van der Waals surface area contributed by atoms with E-state index >= 15 is 0 Å². The minimum Gasteiger partial charge on any atom is -0.508 e. The summed E-state index contributed by atoms with van der Waals surface area (Å²) in [6.07, 6.45) is 0. The molecule has 6 nitrogen and oxygen atoms in total. The fourth-order valence-electron chi connectivity index (χ4n) is 1.82. The molecule has 2 rings (SSSR count). The molecule has 0 aliphatic rings. The molecule has 102 valence electrons. The molecule has 0 fully saturated rings. The van der Waals surface area contributed by atoms with Gasteiger partial charge in [-0.15, -0.1) is 0 Å². The largest absolute Gasteiger partial charge is 0.508 e. The lowest BCUT2D eigenvalue weighted by Crippen LogP contribution is -2.38. The molecule has 0 saturated carbocycles. The van der Waals surface area contributed by atoms with Gasteiger partial charge in [-0.25, -0.2) is 4.98 Å². The molecule has 0 aliphatic heterocycles. The normalized spacial score (nSPS) is 11.6. The zero-order valence-corrected chi connectivity index (χ0v) is 11.0. The van der Waals surface area contributed by atoms with Crippen molar-refractivity contribution < 1.29 is 14.3 Å². The van der Waals surface area contributed by atoms with Crippen molar-refractivity contribution in [3.05, 3.63) is 24.1 Å². The van der Waals surface area contributed by atoms with E-state index in [4.69, 9.17) is 10.2 Å². The summed E-state index contributed by atoms with van der Waals surface area (Å²) in [4.78, 5) is 17.2. The molecule has 3 N–H and O–H groups in total. The number of phenolic OH excluding ortho intramolecular Hbond substituents is 1. The number of carbonyl (C=O) groups is 1. The monoisotopic (exact) mass is 263 g/mol. The second kappa shape index (κ2) is 5.27. The number of nitrogens with two attached hydrogens (primary N) is 1. The molecule has 0 aliphatic carbocycles. The number of aromatic hydroxyl groups is 1. The van der Waals surface area contributed by atoms with E-state index in [1.165, 1.54) is 6.07 Å². The van der Waals surface area contributed by atoms with Crippen LogP contribution in [0.5, 0.6) is 5.75 Å². The Balaban J connectivity index is 2.21. The fraction of sp³-hybridized carbons (Fsp3) is 0.385. The second-order valence-corrected chi connectivity index (χ2v) is 4.72. The molecule has 0 bridgehead atoms. The smallest absolute Gasteiger partial charge is 0.231 e. The van der Waals surface area contributed by atoms with E-state index in [0.717, 1.165) is 0 Å². The molecule has 1 aromatic heterocycles. The first-order valence-corrected chi connectivity index (χ1v) is 6.06. The van der Waals surface area contributed by atoms with Crippen molar-refractivity contribution in [2.24, 2.45) is 5.73 Å². The quantitative estimate of drug-likeness (QED) is 0.846. The standard InChI is InChI=1S/C13H17N3O3/c1-8(2)16(6-12(14)18)7-13-15-10-4-3-9(17)5-11(10)19-13/h3-5,8,17H,6-7H2,1-2H3,(H2,14,18). The maximum Gasteiger partial charge on any atom is 0.231 e. The summed E-state index contributed by atoms with van der Waals surface area (Å²) >= 11 is 0. The average Bonchev–Trinajstić information content (AvgIpc) is 2.68. The zero-order valence-electron chi connectivity index (χ0n) is 11.0. The lowest BCUT2D eigenvalue weighted by molar-refractivity contribution is -0.119. The molecular formula is C13H17N3O3. The molecular weight excluding hydrogens is 246 g/mol. The minimum absolute atomic E-state index is 0.132. The van der Waals surface area contributed by atoms with Gasteiger partial charge >= 0.3 is 0 Å². The zero-order chi connectivity index (χ0) is 14.0. The second-order valence-electron chi connectivity index (χ2n) is 4.72. The van der Waals surface area contributed by atoms with Gasteiger partial charge < -0.3 is 15.3 Å². The third-order valence-electron chi connectivity index (χ3n) is 2.84. The van der Waals surface area contributed by atoms with Crippen molar-refractivity contribution in [3.8, 4) is 5.75 Å². The van der Waals surface area contributed by atoms with Crippen LogP contribution in [0.4, 0.5) is 0 Å². The van der Waals surface area contributed by atoms with Crippen LogP contribution in [-0.4, -0.2) is 33.5 Å². The molecule has 0 saturated heterocycles. The molecule has 0 spiro atoms. The highest BCUT2D eigenvalue weighted by Gasteiger charge is 2.16. The number of benzene rings is 1. The SMILES string of the molecule is CC(C)N(CC(N)=O)Cc1nc2ccc(O)cc2o1. The van der Waals surface area contributed by atoms with E-state index in [-0.39, 0.29) is 24.2 Å². The summed E-state index contributed by atoms with van der Waals surface area (Å²) in [5, 5.41) is 9.37. The number of oxazole rings is 1. The first-order valence-electron chi connectivity index (χ1n) is 6.06. The predicted octanol–water partition coefficient (Wildman–Crippen LogP) is 1.23. The van der Waals surface area contributed by atoms with Crippen molar-refractivity contribution in [3.63, 3.8) is 0 Å². The van der Waals surface area contributed by atoms with Gasteiger partial charge in [0.15, 0.2) is 5.58 Å². The molecule has 1 amide bonds. The van der Waals surface area contributed by atoms with Crippen LogP contribution in [0, 0.1) is 0 Å². The van der Waals surface area contributed by atoms with E-state index in [9.17, 15) is 9.90 Å². The highest BCUT2D eigenvalue weighted by atomic mass is 16.3. The number of hydrogen-bond donors (Lipinski definition) is 2. The number of primary amides is 1. The number of nitrogens with zero attached hydrogens (tertiary/aromatic N) is 2. The molecule has 1 aromatic carbocycles. The molecule has 0 atom stereocenters. The Morgan fingerprint density at radius 3 is 2.89 bits per heavy atom. The van der Waals surface area contributed by atoms with Gasteiger partial charge in [-0.05, 0) is 26.0 Å². The van der Waals surface area contributed by atoms with Gasteiger partial charge in [0.05, 0.1) is 13.1 Å². The number of rotatable bonds is 5. The molecule has 0 radical (unpaired) electrons. The Labute approximate surface area is 110 Å². The number of aromatic nitrogens is 1. The Morgan fingerprint density at radius 2 is 2.26 bits per heavy atom. The lowest BCUT2D eigenvalue weighted by Gasteiger charge is -2.22. The summed E-state index contributed by atoms with van der Waals surface area (Å²) in [5.41, 5.74) is 6.42. The lowest BCUT2D eigenvalue weighted by atomic mass is 10.3. The van der Waals surface area contributed by atoms with Crippen LogP contribution in [0.15, 0.2) is 22.6 Å². The van der Waals surface area contributed by atoms with Crippen LogP contribution in [-0.2, 0) is 11.3 Å². The van der Waals surface area contributed by atoms with Gasteiger partial charge in [0.1, 0.15) is 11.3 Å². The summed E-state index contributed by atoms with van der Waals surface area (Å²) in [5.74, 6) is 0.242. The summed E-state index contributed by atoms with van der Waals surface area (Å²) in [6.45, 7) is 4.49. The van der Waals surface area contributed by atoms with E-state index in [1.807, 2.05) is 18.7 Å². The number of amides is 1. The molecule has 19 heavy (non-hydrogen) atoms. The van der Waals surface area contributed by atoms with Crippen molar-refractivity contribution in [2.45, 2.75) is 26.4 Å². The third kappa shape index (κ3) is 3.23. The Kier molecular flexibility index (Phi) is 3.71. The summed E-state index contributed by atoms with van der Waals surface area (Å²) in [7, 11) is 0. The van der Waals surface area contributed by atoms with Crippen LogP contribution in [0.25, 0.3) is 11.1 Å². The summed E-state index contributed by atoms with van der Waals surface area (Å²) < 4.78 is 5.55. The summed E-state index contributed by atoms with van der Waals surface area (Å²) in [6, 6.07) is 4.90. The van der Waals surface area contributed by atoms with Crippen molar-refractivity contribution in [1.29, 1.82) is 0 Å². The van der Waals surface area contributed by atoms with Crippen LogP contribution >= 0.6 is 0 Å². The maximum absolute atomic E-state index is 11.0. The van der Waals surface area contributed by atoms with E-state index in [2.05, 4.69) is 4.98 Å². The molecule has 2 aromatic rings. The number of carbonyl (C=O) groups excluding carboxylic acids is 1. The van der Waals surface area contributed by atoms with Crippen molar-refractivity contribution in [1.82, 2.24) is 9.88 Å². The number of phenols is 1. The third-order valence-corrected chi connectivity index (χ3v) is 2.84. The highest BCUT2D eigenvalue weighted by Crippen LogP contribution is 2.21. The molecule has 6 heteroatoms. The van der Waals surface area contributed by atoms with Gasteiger partial charge in [-0.3, -0.25) is 9.69 Å². The Hall–Kier alpha value is -2.08. The number of hydrogen-bond acceptors (Lipinski definition) is 5. The first kappa shape index (κ1) is 13.4. The first-order chi connectivity index (χ1) is 8.95. The van der Waals surface area contributed by atoms with Gasteiger partial charge in [0, 0.05) is 12.1 Å². The van der Waals surface area contributed by atoms with Crippen LogP contribution in [0.3, 0.4) is 0 Å². The average molecular weight is 263 g/mol. The van der Waals surface area contributed by atoms with E-state index in [0.29, 0.717) is 23.5 Å². The van der Waals surface area contributed by atoms with Crippen LogP contribution in [0.1, 0.15) is 19.7 Å². The molecule has 1 heterocycles. The Morgan fingerprint density at radius 1 is 1.53 bits per heavy atom. The molecule has 0 unspecified atom stereocenters. The van der Waals surface area contributed by atoms with Gasteiger partial charge in [0.2, 0.25) is 11.8 Å². The van der Waals surface area contributed by atoms with E-state index in [1.54, 1.807) is 12.1 Å². The van der Waals surface area contributed by atoms with Crippen molar-refractivity contribution >= 4 is 17.0 Å². The topological polar surface area (TPSA) is 92.6 Å². The number of fused-ring (bicyclic) bond motifs is 1. The minimum atomic E-state index is -0.387. The van der Waals surface area contributed by atoms with Gasteiger partial charge in [-0.2, -0.15) is 0 Å². The van der Waals surface area contributed by atoms with Gasteiger partial charge in [0.25, 0.3) is 0 Å². The van der Waals surface area contributed by atoms with Crippen LogP contribution < -0.4 is 5.73 Å². The van der Waals surface area contributed by atoms with Gasteiger partial charge in [-0.1, -0.05) is 0 Å². The Bertz CT molecular complexity index is 592. The van der Waals surface area contributed by atoms with Crippen LogP contribution in [0.2, 0.25) is 0 Å². The fourth-order valence-corrected chi connectivity index (χ4v) is 1.82. The van der Waals surface area contributed by atoms with E-state index < -0.39 is 0 Å². The maximum atomic E-state index is 11.0. The van der Waals surface area contributed by atoms with Crippen molar-refractivity contribution in [2.75, 3.05) is 6.54 Å². The predicted molar refractivity (Wildman–Crippen MR) is 70.4 cm³/mol. The highest BCUT2D eigenvalue weighted by molar-refractivity contribution is 5.76.